The van der Waals surface area contributed by atoms with E-state index < -0.39 is 23.9 Å². The van der Waals surface area contributed by atoms with E-state index in [1.54, 1.807) is 0 Å². The highest BCUT2D eigenvalue weighted by Gasteiger charge is 2.48. The Labute approximate surface area is 127 Å². The maximum absolute atomic E-state index is 13.0. The first-order chi connectivity index (χ1) is 9.80. The summed E-state index contributed by atoms with van der Waals surface area (Å²) in [6, 6.07) is -0.203. The lowest BCUT2D eigenvalue weighted by Gasteiger charge is -2.33. The number of carbonyl (C=O) groups is 1. The van der Waals surface area contributed by atoms with Gasteiger partial charge < -0.3 is 11.1 Å². The van der Waals surface area contributed by atoms with Crippen LogP contribution in [0.25, 0.3) is 0 Å². The number of halogens is 3. The van der Waals surface area contributed by atoms with Crippen LogP contribution >= 0.6 is 12.2 Å². The largest absolute Gasteiger partial charge is 0.393 e. The number of rotatable bonds is 3. The summed E-state index contributed by atoms with van der Waals surface area (Å²) in [4.78, 5) is 12.6. The highest BCUT2D eigenvalue weighted by molar-refractivity contribution is 7.80. The predicted molar refractivity (Wildman–Crippen MR) is 77.6 cm³/mol. The lowest BCUT2D eigenvalue weighted by atomic mass is 9.78. The van der Waals surface area contributed by atoms with Crippen molar-refractivity contribution < 1.29 is 18.0 Å². The Morgan fingerprint density at radius 3 is 2.29 bits per heavy atom. The van der Waals surface area contributed by atoms with Gasteiger partial charge in [0.25, 0.3) is 0 Å². The van der Waals surface area contributed by atoms with E-state index in [4.69, 9.17) is 18.0 Å². The lowest BCUT2D eigenvalue weighted by molar-refractivity contribution is -0.198. The molecule has 0 saturated heterocycles. The van der Waals surface area contributed by atoms with E-state index in [1.165, 1.54) is 0 Å². The number of carbonyl (C=O) groups excluding carboxylic acids is 1. The number of hydrogen-bond acceptors (Lipinski definition) is 2. The van der Waals surface area contributed by atoms with Crippen molar-refractivity contribution in [3.8, 4) is 0 Å². The van der Waals surface area contributed by atoms with Crippen LogP contribution < -0.4 is 11.1 Å². The molecular weight excluding hydrogens is 301 g/mol. The van der Waals surface area contributed by atoms with E-state index in [-0.39, 0.29) is 18.4 Å². The number of alkyl halides is 3. The Bertz CT molecular complexity index is 414. The first-order valence-electron chi connectivity index (χ1n) is 7.47. The number of nitrogens with one attached hydrogen (secondary N) is 1. The molecule has 0 radical (unpaired) electrons. The molecule has 0 aliphatic heterocycles. The molecule has 3 N–H and O–H groups in total. The van der Waals surface area contributed by atoms with Gasteiger partial charge in [-0.25, -0.2) is 0 Å². The van der Waals surface area contributed by atoms with Crippen LogP contribution in [-0.2, 0) is 4.79 Å². The van der Waals surface area contributed by atoms with Gasteiger partial charge in [-0.2, -0.15) is 13.2 Å². The second-order valence-electron chi connectivity index (χ2n) is 6.09. The highest BCUT2D eigenvalue weighted by atomic mass is 32.1. The SMILES string of the molecule is NC(=S)C1CCCC1NC(=O)C1CCCCC1C(F)(F)F. The Hall–Kier alpha value is -0.850. The van der Waals surface area contributed by atoms with Crippen LogP contribution in [0.1, 0.15) is 44.9 Å². The second-order valence-corrected chi connectivity index (χ2v) is 6.57. The minimum absolute atomic E-state index is 0.0466. The zero-order valence-electron chi connectivity index (χ0n) is 11.8. The molecule has 1 amide bonds. The van der Waals surface area contributed by atoms with Gasteiger partial charge in [-0.15, -0.1) is 0 Å². The minimum Gasteiger partial charge on any atom is -0.393 e. The molecule has 2 saturated carbocycles. The van der Waals surface area contributed by atoms with Gasteiger partial charge in [0.15, 0.2) is 0 Å². The molecule has 0 aromatic rings. The van der Waals surface area contributed by atoms with Crippen molar-refractivity contribution in [3.63, 3.8) is 0 Å². The van der Waals surface area contributed by atoms with Gasteiger partial charge in [0.05, 0.1) is 10.9 Å². The summed E-state index contributed by atoms with van der Waals surface area (Å²) < 4.78 is 39.1. The molecule has 21 heavy (non-hydrogen) atoms. The molecule has 120 valence electrons. The summed E-state index contributed by atoms with van der Waals surface area (Å²) in [6.07, 6.45) is -0.321. The number of hydrogen-bond donors (Lipinski definition) is 2. The molecule has 0 spiro atoms. The lowest BCUT2D eigenvalue weighted by Crippen LogP contribution is -2.48. The van der Waals surface area contributed by atoms with Gasteiger partial charge in [0.1, 0.15) is 0 Å². The zero-order valence-corrected chi connectivity index (χ0v) is 12.6. The van der Waals surface area contributed by atoms with Gasteiger partial charge in [-0.05, 0) is 25.7 Å². The van der Waals surface area contributed by atoms with Crippen LogP contribution in [0, 0.1) is 17.8 Å². The van der Waals surface area contributed by atoms with Gasteiger partial charge in [-0.3, -0.25) is 4.79 Å². The standard InChI is InChI=1S/C14H21F3N2OS/c15-14(16,17)10-6-2-1-4-8(10)13(20)19-11-7-3-5-9(11)12(18)21/h8-11H,1-7H2,(H2,18,21)(H,19,20). The van der Waals surface area contributed by atoms with Crippen molar-refractivity contribution in [2.45, 2.75) is 57.2 Å². The summed E-state index contributed by atoms with van der Waals surface area (Å²) in [5, 5.41) is 2.78. The fraction of sp³-hybridized carbons (Fsp3) is 0.857. The fourth-order valence-corrected chi connectivity index (χ4v) is 3.88. The zero-order chi connectivity index (χ0) is 15.6. The quantitative estimate of drug-likeness (QED) is 0.786. The van der Waals surface area contributed by atoms with Crippen LogP contribution in [0.3, 0.4) is 0 Å². The molecule has 0 bridgehead atoms. The first-order valence-corrected chi connectivity index (χ1v) is 7.88. The number of amides is 1. The minimum atomic E-state index is -4.30. The van der Waals surface area contributed by atoms with Crippen LogP contribution in [0.4, 0.5) is 13.2 Å². The van der Waals surface area contributed by atoms with E-state index in [0.717, 1.165) is 19.3 Å². The summed E-state index contributed by atoms with van der Waals surface area (Å²) in [5.74, 6) is -3.05. The molecule has 2 aliphatic rings. The molecule has 0 aromatic heterocycles. The molecule has 4 atom stereocenters. The van der Waals surface area contributed by atoms with Crippen LogP contribution in [0.5, 0.6) is 0 Å². The third-order valence-electron chi connectivity index (χ3n) is 4.73. The average molecular weight is 322 g/mol. The van der Waals surface area contributed by atoms with Crippen molar-refractivity contribution >= 4 is 23.1 Å². The molecule has 2 fully saturated rings. The fourth-order valence-electron chi connectivity index (χ4n) is 3.60. The van der Waals surface area contributed by atoms with Gasteiger partial charge in [0, 0.05) is 17.9 Å². The summed E-state index contributed by atoms with van der Waals surface area (Å²) in [5.41, 5.74) is 5.64. The summed E-state index contributed by atoms with van der Waals surface area (Å²) in [7, 11) is 0. The first kappa shape index (κ1) is 16.5. The van der Waals surface area contributed by atoms with E-state index >= 15 is 0 Å². The third-order valence-corrected chi connectivity index (χ3v) is 5.03. The Balaban J connectivity index is 2.02. The smallest absolute Gasteiger partial charge is 0.392 e. The van der Waals surface area contributed by atoms with E-state index in [2.05, 4.69) is 5.32 Å². The molecule has 7 heteroatoms. The maximum atomic E-state index is 13.0. The van der Waals surface area contributed by atoms with E-state index in [0.29, 0.717) is 24.3 Å². The summed E-state index contributed by atoms with van der Waals surface area (Å²) >= 11 is 4.97. The normalized spacial score (nSPS) is 33.7. The van der Waals surface area contributed by atoms with Gasteiger partial charge >= 0.3 is 6.18 Å². The molecule has 4 unspecified atom stereocenters. The molecule has 2 aliphatic carbocycles. The second kappa shape index (κ2) is 6.50. The van der Waals surface area contributed by atoms with Crippen molar-refractivity contribution in [3.05, 3.63) is 0 Å². The number of thiocarbonyl (C=S) groups is 1. The Morgan fingerprint density at radius 2 is 1.67 bits per heavy atom. The maximum Gasteiger partial charge on any atom is 0.392 e. The van der Waals surface area contributed by atoms with Crippen molar-refractivity contribution in [2.24, 2.45) is 23.5 Å². The average Bonchev–Trinajstić information content (AvgIpc) is 2.86. The number of nitrogens with two attached hydrogens (primary N) is 1. The van der Waals surface area contributed by atoms with Gasteiger partial charge in [-0.1, -0.05) is 31.5 Å². The Kier molecular flexibility index (Phi) is 5.11. The van der Waals surface area contributed by atoms with Crippen molar-refractivity contribution in [1.82, 2.24) is 5.32 Å². The van der Waals surface area contributed by atoms with E-state index in [9.17, 15) is 18.0 Å². The highest BCUT2D eigenvalue weighted by Crippen LogP contribution is 2.41. The van der Waals surface area contributed by atoms with Gasteiger partial charge in [0.2, 0.25) is 5.91 Å². The van der Waals surface area contributed by atoms with Crippen molar-refractivity contribution in [2.75, 3.05) is 0 Å². The van der Waals surface area contributed by atoms with Crippen LogP contribution in [0.15, 0.2) is 0 Å². The predicted octanol–water partition coefficient (Wildman–Crippen LogP) is 2.93. The monoisotopic (exact) mass is 322 g/mol. The third kappa shape index (κ3) is 3.87. The molecule has 2 rings (SSSR count). The molecule has 0 heterocycles. The summed E-state index contributed by atoms with van der Waals surface area (Å²) in [6.45, 7) is 0. The van der Waals surface area contributed by atoms with Crippen LogP contribution in [-0.4, -0.2) is 23.1 Å². The molecular formula is C14H21F3N2OS. The Morgan fingerprint density at radius 1 is 1.05 bits per heavy atom. The van der Waals surface area contributed by atoms with E-state index in [1.807, 2.05) is 0 Å². The van der Waals surface area contributed by atoms with Crippen LogP contribution in [0.2, 0.25) is 0 Å². The topological polar surface area (TPSA) is 55.1 Å². The molecule has 0 aromatic carbocycles. The molecule has 3 nitrogen and oxygen atoms in total. The van der Waals surface area contributed by atoms with Crippen molar-refractivity contribution in [1.29, 1.82) is 0 Å².